The summed E-state index contributed by atoms with van der Waals surface area (Å²) in [5, 5.41) is 11.4. The number of carbonyl (C=O) groups is 1. The minimum atomic E-state index is -4.67. The van der Waals surface area contributed by atoms with Gasteiger partial charge in [-0.25, -0.2) is 0 Å². The van der Waals surface area contributed by atoms with Crippen molar-refractivity contribution in [2.24, 2.45) is 5.92 Å². The van der Waals surface area contributed by atoms with Crippen LogP contribution in [0.2, 0.25) is 0 Å². The number of hydrogen-bond acceptors (Lipinski definition) is 4. The predicted octanol–water partition coefficient (Wildman–Crippen LogP) is 4.80. The molecule has 1 amide bonds. The van der Waals surface area contributed by atoms with E-state index in [0.717, 1.165) is 23.3 Å². The third kappa shape index (κ3) is 5.83. The standard InChI is InChI=1S/C24H24F3N3O3/c1-3-12-29(16-18-6-4-17(2)5-7-18)23(31)19-10-13-28(14-11-19)21-9-8-20(24(25,26)27)15-22(21)30(32)33/h1,4-9,15,19H,10-14,16H2,2H3. The highest BCUT2D eigenvalue weighted by atomic mass is 19.4. The summed E-state index contributed by atoms with van der Waals surface area (Å²) in [4.78, 5) is 27.0. The molecule has 1 heterocycles. The highest BCUT2D eigenvalue weighted by molar-refractivity contribution is 5.79. The van der Waals surface area contributed by atoms with Crippen LogP contribution in [0.3, 0.4) is 0 Å². The molecular weight excluding hydrogens is 435 g/mol. The number of terminal acetylenes is 1. The molecular formula is C24H24F3N3O3. The van der Waals surface area contributed by atoms with Gasteiger partial charge in [0.2, 0.25) is 5.91 Å². The molecule has 2 aromatic carbocycles. The van der Waals surface area contributed by atoms with Crippen LogP contribution in [-0.4, -0.2) is 35.4 Å². The SMILES string of the molecule is C#CCN(Cc1ccc(C)cc1)C(=O)C1CCN(c2ccc(C(F)(F)F)cc2[N+](=O)[O-])CC1. The van der Waals surface area contributed by atoms with E-state index in [-0.39, 0.29) is 24.1 Å². The monoisotopic (exact) mass is 459 g/mol. The van der Waals surface area contributed by atoms with E-state index in [0.29, 0.717) is 38.5 Å². The fourth-order valence-electron chi connectivity index (χ4n) is 3.97. The van der Waals surface area contributed by atoms with Gasteiger partial charge in [-0.1, -0.05) is 35.7 Å². The number of nitro benzene ring substituents is 1. The first-order valence-corrected chi connectivity index (χ1v) is 10.5. The first kappa shape index (κ1) is 24.1. The number of amides is 1. The summed E-state index contributed by atoms with van der Waals surface area (Å²) in [5.41, 5.74) is 0.534. The molecule has 9 heteroatoms. The molecule has 0 unspecified atom stereocenters. The van der Waals surface area contributed by atoms with Crippen LogP contribution < -0.4 is 4.90 Å². The van der Waals surface area contributed by atoms with Gasteiger partial charge in [-0.2, -0.15) is 13.2 Å². The van der Waals surface area contributed by atoms with E-state index in [1.165, 1.54) is 0 Å². The third-order valence-electron chi connectivity index (χ3n) is 5.77. The molecule has 174 valence electrons. The van der Waals surface area contributed by atoms with Gasteiger partial charge in [0.1, 0.15) is 5.69 Å². The zero-order valence-corrected chi connectivity index (χ0v) is 18.1. The summed E-state index contributed by atoms with van der Waals surface area (Å²) in [6, 6.07) is 10.3. The number of nitro groups is 1. The molecule has 2 aromatic rings. The largest absolute Gasteiger partial charge is 0.416 e. The summed E-state index contributed by atoms with van der Waals surface area (Å²) < 4.78 is 38.9. The molecule has 33 heavy (non-hydrogen) atoms. The van der Waals surface area contributed by atoms with Crippen LogP contribution in [0.15, 0.2) is 42.5 Å². The Balaban J connectivity index is 1.70. The van der Waals surface area contributed by atoms with Crippen molar-refractivity contribution >= 4 is 17.3 Å². The van der Waals surface area contributed by atoms with Gasteiger partial charge in [0, 0.05) is 31.6 Å². The second kappa shape index (κ2) is 9.94. The fraction of sp³-hybridized carbons (Fsp3) is 0.375. The number of hydrogen-bond donors (Lipinski definition) is 0. The maximum absolute atomic E-state index is 13.1. The van der Waals surface area contributed by atoms with E-state index in [1.807, 2.05) is 31.2 Å². The van der Waals surface area contributed by atoms with Crippen LogP contribution in [0.25, 0.3) is 0 Å². The second-order valence-corrected chi connectivity index (χ2v) is 8.10. The van der Waals surface area contributed by atoms with Crippen LogP contribution in [0.1, 0.15) is 29.5 Å². The Morgan fingerprint density at radius 1 is 1.21 bits per heavy atom. The molecule has 0 spiro atoms. The number of piperidine rings is 1. The Labute approximate surface area is 190 Å². The number of nitrogens with zero attached hydrogens (tertiary/aromatic N) is 3. The molecule has 1 saturated heterocycles. The number of alkyl halides is 3. The Kier molecular flexibility index (Phi) is 7.26. The van der Waals surface area contributed by atoms with Gasteiger partial charge < -0.3 is 9.80 Å². The molecule has 0 radical (unpaired) electrons. The van der Waals surface area contributed by atoms with Gasteiger partial charge in [0.15, 0.2) is 0 Å². The number of anilines is 1. The summed E-state index contributed by atoms with van der Waals surface area (Å²) >= 11 is 0. The summed E-state index contributed by atoms with van der Waals surface area (Å²) in [6.07, 6.45) is 1.64. The van der Waals surface area contributed by atoms with E-state index < -0.39 is 22.4 Å². The van der Waals surface area contributed by atoms with Crippen LogP contribution in [0.4, 0.5) is 24.5 Å². The van der Waals surface area contributed by atoms with Crippen molar-refractivity contribution in [1.29, 1.82) is 0 Å². The lowest BCUT2D eigenvalue weighted by molar-refractivity contribution is -0.384. The van der Waals surface area contributed by atoms with Crippen LogP contribution in [0.5, 0.6) is 0 Å². The van der Waals surface area contributed by atoms with Crippen molar-refractivity contribution in [2.45, 2.75) is 32.5 Å². The van der Waals surface area contributed by atoms with Gasteiger partial charge >= 0.3 is 6.18 Å². The normalized spacial score (nSPS) is 14.6. The van der Waals surface area contributed by atoms with E-state index in [4.69, 9.17) is 6.42 Å². The highest BCUT2D eigenvalue weighted by Gasteiger charge is 2.35. The molecule has 6 nitrogen and oxygen atoms in total. The van der Waals surface area contributed by atoms with E-state index in [2.05, 4.69) is 5.92 Å². The lowest BCUT2D eigenvalue weighted by Gasteiger charge is -2.35. The van der Waals surface area contributed by atoms with Crippen molar-refractivity contribution in [1.82, 2.24) is 4.90 Å². The lowest BCUT2D eigenvalue weighted by Crippen LogP contribution is -2.42. The van der Waals surface area contributed by atoms with Gasteiger partial charge in [-0.05, 0) is 37.5 Å². The molecule has 0 saturated carbocycles. The lowest BCUT2D eigenvalue weighted by atomic mass is 9.94. The first-order valence-electron chi connectivity index (χ1n) is 10.5. The van der Waals surface area contributed by atoms with E-state index in [9.17, 15) is 28.1 Å². The molecule has 1 fully saturated rings. The first-order chi connectivity index (χ1) is 15.6. The zero-order chi connectivity index (χ0) is 24.2. The van der Waals surface area contributed by atoms with Crippen molar-refractivity contribution in [3.05, 3.63) is 69.3 Å². The van der Waals surface area contributed by atoms with Crippen LogP contribution >= 0.6 is 0 Å². The van der Waals surface area contributed by atoms with Crippen molar-refractivity contribution in [3.8, 4) is 12.3 Å². The molecule has 1 aliphatic rings. The smallest absolute Gasteiger partial charge is 0.366 e. The second-order valence-electron chi connectivity index (χ2n) is 8.10. The van der Waals surface area contributed by atoms with Crippen LogP contribution in [-0.2, 0) is 17.5 Å². The molecule has 0 aromatic heterocycles. The van der Waals surface area contributed by atoms with Crippen molar-refractivity contribution in [3.63, 3.8) is 0 Å². The Morgan fingerprint density at radius 2 is 1.85 bits per heavy atom. The fourth-order valence-corrected chi connectivity index (χ4v) is 3.97. The molecule has 1 aliphatic heterocycles. The zero-order valence-electron chi connectivity index (χ0n) is 18.1. The molecule has 0 aliphatic carbocycles. The quantitative estimate of drug-likeness (QED) is 0.354. The number of rotatable bonds is 6. The minimum Gasteiger partial charge on any atom is -0.366 e. The molecule has 0 bridgehead atoms. The topological polar surface area (TPSA) is 66.7 Å². The molecule has 3 rings (SSSR count). The van der Waals surface area contributed by atoms with E-state index in [1.54, 1.807) is 9.80 Å². The Hall–Kier alpha value is -3.54. The van der Waals surface area contributed by atoms with Crippen molar-refractivity contribution < 1.29 is 22.9 Å². The maximum Gasteiger partial charge on any atom is 0.416 e. The van der Waals surface area contributed by atoms with Gasteiger partial charge in [-0.3, -0.25) is 14.9 Å². The van der Waals surface area contributed by atoms with Gasteiger partial charge in [0.25, 0.3) is 5.69 Å². The summed E-state index contributed by atoms with van der Waals surface area (Å²) in [5.74, 6) is 2.12. The molecule has 0 atom stereocenters. The average molecular weight is 459 g/mol. The number of benzene rings is 2. The third-order valence-corrected chi connectivity index (χ3v) is 5.77. The predicted molar refractivity (Wildman–Crippen MR) is 118 cm³/mol. The highest BCUT2D eigenvalue weighted by Crippen LogP contribution is 2.37. The van der Waals surface area contributed by atoms with Gasteiger partial charge in [-0.15, -0.1) is 6.42 Å². The Morgan fingerprint density at radius 3 is 2.39 bits per heavy atom. The van der Waals surface area contributed by atoms with E-state index >= 15 is 0 Å². The average Bonchev–Trinajstić information content (AvgIpc) is 2.79. The number of carbonyl (C=O) groups excluding carboxylic acids is 1. The van der Waals surface area contributed by atoms with Crippen LogP contribution in [0, 0.1) is 35.3 Å². The van der Waals surface area contributed by atoms with Gasteiger partial charge in [0.05, 0.1) is 17.0 Å². The maximum atomic E-state index is 13.1. The Bertz CT molecular complexity index is 1050. The minimum absolute atomic E-state index is 0.0879. The number of halogens is 3. The summed E-state index contributed by atoms with van der Waals surface area (Å²) in [7, 11) is 0. The number of aryl methyl sites for hydroxylation is 1. The summed E-state index contributed by atoms with van der Waals surface area (Å²) in [6.45, 7) is 3.15. The molecule has 0 N–H and O–H groups in total. The van der Waals surface area contributed by atoms with Crippen molar-refractivity contribution in [2.75, 3.05) is 24.5 Å².